The second-order valence-electron chi connectivity index (χ2n) is 6.68. The van der Waals surface area contributed by atoms with Crippen molar-refractivity contribution in [1.29, 1.82) is 5.26 Å². The third-order valence-corrected chi connectivity index (χ3v) is 5.42. The number of para-hydroxylation sites is 1. The van der Waals surface area contributed by atoms with Crippen molar-refractivity contribution in [2.24, 2.45) is 0 Å². The number of fused-ring (bicyclic) bond motifs is 2. The first kappa shape index (κ1) is 12.0. The average molecular weight is 380 g/mol. The summed E-state index contributed by atoms with van der Waals surface area (Å²) in [7, 11) is 0. The van der Waals surface area contributed by atoms with E-state index in [0.717, 1.165) is 11.1 Å². The summed E-state index contributed by atoms with van der Waals surface area (Å²) in [5.41, 5.74) is 2.91. The number of hydrogen-bond donors (Lipinski definition) is 0. The fourth-order valence-electron chi connectivity index (χ4n) is 3.70. The van der Waals surface area contributed by atoms with Gasteiger partial charge in [-0.2, -0.15) is 10.4 Å². The Hall–Kier alpha value is -2.61. The molecule has 27 heavy (non-hydrogen) atoms. The highest BCUT2D eigenvalue weighted by molar-refractivity contribution is 6.32. The molecule has 2 heterocycles. The monoisotopic (exact) mass is 379 g/mol. The van der Waals surface area contributed by atoms with Crippen LogP contribution in [-0.2, 0) is 25.8 Å². The minimum absolute atomic E-state index is 0.0777. The van der Waals surface area contributed by atoms with Crippen molar-refractivity contribution >= 4 is 11.6 Å². The second kappa shape index (κ2) is 6.23. The van der Waals surface area contributed by atoms with Crippen molar-refractivity contribution < 1.29 is 6.85 Å². The fourth-order valence-corrected chi connectivity index (χ4v) is 3.92. The molecule has 1 atom stereocenters. The number of nitriles is 1. The highest BCUT2D eigenvalue weighted by Gasteiger charge is 2.35. The Balaban J connectivity index is 1.65. The van der Waals surface area contributed by atoms with E-state index in [1.807, 2.05) is 6.07 Å². The van der Waals surface area contributed by atoms with E-state index < -0.39 is 18.8 Å². The summed E-state index contributed by atoms with van der Waals surface area (Å²) < 4.78 is 46.4. The van der Waals surface area contributed by atoms with Gasteiger partial charge in [0.05, 0.1) is 28.0 Å². The standard InChI is InChI=1S/C22H19ClN4/c1-14-18-9-17(26-12-16-6-4-5-15(11-24)19(16)13-26)10-21(18)25-27(14)22-8-3-2-7-20(22)23/h2-8,17H,9-10,12-13H2,1H3/i9D2,10D2,17D. The van der Waals surface area contributed by atoms with Crippen molar-refractivity contribution in [1.82, 2.24) is 14.7 Å². The molecule has 1 aromatic heterocycles. The van der Waals surface area contributed by atoms with Crippen molar-refractivity contribution in [3.63, 3.8) is 0 Å². The molecule has 2 aliphatic rings. The molecule has 0 saturated heterocycles. The van der Waals surface area contributed by atoms with Crippen LogP contribution in [-0.4, -0.2) is 20.7 Å². The number of nitrogens with zero attached hydrogens (tertiary/aromatic N) is 4. The van der Waals surface area contributed by atoms with E-state index in [9.17, 15) is 6.63 Å². The maximum atomic E-state index is 9.44. The van der Waals surface area contributed by atoms with Crippen molar-refractivity contribution in [2.75, 3.05) is 0 Å². The van der Waals surface area contributed by atoms with E-state index in [1.165, 1.54) is 9.58 Å². The van der Waals surface area contributed by atoms with Crippen molar-refractivity contribution in [3.05, 3.63) is 81.1 Å². The lowest BCUT2D eigenvalue weighted by molar-refractivity contribution is 0.203. The van der Waals surface area contributed by atoms with Crippen LogP contribution in [0.1, 0.15) is 40.5 Å². The van der Waals surface area contributed by atoms with Crippen molar-refractivity contribution in [2.45, 2.75) is 38.8 Å². The lowest BCUT2D eigenvalue weighted by Crippen LogP contribution is -2.31. The zero-order chi connectivity index (χ0) is 23.1. The minimum Gasteiger partial charge on any atom is -0.291 e. The summed E-state index contributed by atoms with van der Waals surface area (Å²) in [5.74, 6) is 0. The third kappa shape index (κ3) is 2.58. The Morgan fingerprint density at radius 2 is 2.04 bits per heavy atom. The normalized spacial score (nSPS) is 27.5. The molecule has 5 heteroatoms. The summed E-state index contributed by atoms with van der Waals surface area (Å²) in [6.07, 6.45) is -4.79. The van der Waals surface area contributed by atoms with Gasteiger partial charge in [-0.15, -0.1) is 0 Å². The summed E-state index contributed by atoms with van der Waals surface area (Å²) in [5, 5.41) is 14.3. The van der Waals surface area contributed by atoms with Gasteiger partial charge >= 0.3 is 0 Å². The van der Waals surface area contributed by atoms with E-state index in [2.05, 4.69) is 11.2 Å². The van der Waals surface area contributed by atoms with Gasteiger partial charge < -0.3 is 0 Å². The summed E-state index contributed by atoms with van der Waals surface area (Å²) in [4.78, 5) is 1.49. The number of aromatic nitrogens is 2. The predicted molar refractivity (Wildman–Crippen MR) is 105 cm³/mol. The van der Waals surface area contributed by atoms with Gasteiger partial charge in [-0.05, 0) is 48.2 Å². The molecule has 3 aromatic rings. The van der Waals surface area contributed by atoms with Gasteiger partial charge in [0.1, 0.15) is 0 Å². The quantitative estimate of drug-likeness (QED) is 0.670. The SMILES string of the molecule is [2H]C1([2H])c2nn(-c3ccccc3Cl)c(C)c2C([2H])([2H])C1([2H])N1Cc2cccc(C#N)c2C1. The molecule has 0 spiro atoms. The Morgan fingerprint density at radius 1 is 1.19 bits per heavy atom. The summed E-state index contributed by atoms with van der Waals surface area (Å²) in [6, 6.07) is 12.1. The van der Waals surface area contributed by atoms with Gasteiger partial charge in [-0.1, -0.05) is 35.9 Å². The molecule has 5 rings (SSSR count). The Bertz CT molecular complexity index is 1310. The highest BCUT2D eigenvalue weighted by atomic mass is 35.5. The van der Waals surface area contributed by atoms with Crippen LogP contribution in [0.15, 0.2) is 42.5 Å². The second-order valence-corrected chi connectivity index (χ2v) is 7.09. The smallest absolute Gasteiger partial charge is 0.0995 e. The molecule has 1 aliphatic heterocycles. The van der Waals surface area contributed by atoms with Gasteiger partial charge in [0.25, 0.3) is 0 Å². The Morgan fingerprint density at radius 3 is 2.81 bits per heavy atom. The van der Waals surface area contributed by atoms with Crippen molar-refractivity contribution in [3.8, 4) is 11.8 Å². The van der Waals surface area contributed by atoms with Gasteiger partial charge in [-0.25, -0.2) is 4.68 Å². The number of rotatable bonds is 2. The van der Waals surface area contributed by atoms with Gasteiger partial charge in [0, 0.05) is 38.0 Å². The predicted octanol–water partition coefficient (Wildman–Crippen LogP) is 4.19. The molecule has 0 radical (unpaired) electrons. The van der Waals surface area contributed by atoms with E-state index in [0.29, 0.717) is 22.0 Å². The van der Waals surface area contributed by atoms with Gasteiger partial charge in [-0.3, -0.25) is 4.90 Å². The molecule has 0 saturated carbocycles. The molecule has 1 aliphatic carbocycles. The zero-order valence-corrected chi connectivity index (χ0v) is 15.4. The maximum Gasteiger partial charge on any atom is 0.0995 e. The summed E-state index contributed by atoms with van der Waals surface area (Å²) >= 11 is 6.32. The topological polar surface area (TPSA) is 44.9 Å². The third-order valence-electron chi connectivity index (χ3n) is 5.10. The van der Waals surface area contributed by atoms with Crippen LogP contribution >= 0.6 is 11.6 Å². The van der Waals surface area contributed by atoms with Crippen LogP contribution < -0.4 is 0 Å². The minimum atomic E-state index is -2.42. The number of hydrogen-bond acceptors (Lipinski definition) is 3. The van der Waals surface area contributed by atoms with E-state index in [1.54, 1.807) is 43.3 Å². The molecule has 0 bridgehead atoms. The molecule has 134 valence electrons. The molecule has 0 N–H and O–H groups in total. The lowest BCUT2D eigenvalue weighted by Gasteiger charge is -2.23. The van der Waals surface area contributed by atoms with Gasteiger partial charge in [0.2, 0.25) is 0 Å². The largest absolute Gasteiger partial charge is 0.291 e. The van der Waals surface area contributed by atoms with Crippen LogP contribution in [0, 0.1) is 18.3 Å². The van der Waals surface area contributed by atoms with Crippen LogP contribution in [0.5, 0.6) is 0 Å². The van der Waals surface area contributed by atoms with E-state index in [-0.39, 0.29) is 24.3 Å². The molecule has 4 nitrogen and oxygen atoms in total. The number of benzene rings is 2. The molecular weight excluding hydrogens is 356 g/mol. The maximum absolute atomic E-state index is 9.44. The molecule has 1 unspecified atom stereocenters. The molecule has 0 amide bonds. The van der Waals surface area contributed by atoms with E-state index in [4.69, 9.17) is 17.1 Å². The molecular formula is C22H19ClN4. The Kier molecular flexibility index (Phi) is 2.76. The van der Waals surface area contributed by atoms with Crippen LogP contribution in [0.25, 0.3) is 5.69 Å². The lowest BCUT2D eigenvalue weighted by atomic mass is 10.1. The Labute approximate surface area is 170 Å². The van der Waals surface area contributed by atoms with Crippen LogP contribution in [0.4, 0.5) is 0 Å². The first-order valence-electron chi connectivity index (χ1n) is 11.2. The average Bonchev–Trinajstić information content (AvgIpc) is 3.37. The van der Waals surface area contributed by atoms with Crippen LogP contribution in [0.3, 0.4) is 0 Å². The number of halogens is 1. The molecule has 2 aromatic carbocycles. The fraction of sp³-hybridized carbons (Fsp3) is 0.273. The van der Waals surface area contributed by atoms with Crippen LogP contribution in [0.2, 0.25) is 5.02 Å². The van der Waals surface area contributed by atoms with Gasteiger partial charge in [0.15, 0.2) is 0 Å². The summed E-state index contributed by atoms with van der Waals surface area (Å²) in [6.45, 7) is 1.97. The highest BCUT2D eigenvalue weighted by Crippen LogP contribution is 2.35. The first-order valence-corrected chi connectivity index (χ1v) is 9.05. The zero-order valence-electron chi connectivity index (χ0n) is 19.6. The molecule has 0 fully saturated rings. The first-order chi connectivity index (χ1) is 15.1. The van der Waals surface area contributed by atoms with E-state index >= 15 is 0 Å².